The maximum Gasteiger partial charge on any atom is 0.420 e. The summed E-state index contributed by atoms with van der Waals surface area (Å²) in [6.45, 7) is 0. The maximum atomic E-state index is 12.7. The quantitative estimate of drug-likeness (QED) is 0.624. The van der Waals surface area contributed by atoms with E-state index in [1.54, 1.807) is 0 Å². The van der Waals surface area contributed by atoms with Crippen molar-refractivity contribution < 1.29 is 22.7 Å². The number of carbonyl (C=O) groups is 1. The van der Waals surface area contributed by atoms with E-state index in [1.807, 2.05) is 0 Å². The van der Waals surface area contributed by atoms with Crippen LogP contribution < -0.4 is 4.74 Å². The van der Waals surface area contributed by atoms with Gasteiger partial charge in [-0.25, -0.2) is 0 Å². The fourth-order valence-corrected chi connectivity index (χ4v) is 1.70. The van der Waals surface area contributed by atoms with Gasteiger partial charge in [0.25, 0.3) is 0 Å². The van der Waals surface area contributed by atoms with Crippen molar-refractivity contribution in [2.24, 2.45) is 0 Å². The molecule has 17 heavy (non-hydrogen) atoms. The highest BCUT2D eigenvalue weighted by Gasteiger charge is 2.36. The first-order valence-corrected chi connectivity index (χ1v) is 5.26. The Hall–Kier alpha value is -0.940. The van der Waals surface area contributed by atoms with E-state index in [0.29, 0.717) is 6.07 Å². The van der Waals surface area contributed by atoms with E-state index in [-0.39, 0.29) is 10.6 Å². The molecule has 1 rings (SSSR count). The van der Waals surface area contributed by atoms with Gasteiger partial charge in [0.1, 0.15) is 5.75 Å². The van der Waals surface area contributed by atoms with Crippen LogP contribution in [0.5, 0.6) is 5.75 Å². The zero-order chi connectivity index (χ0) is 13.2. The Balaban J connectivity index is 3.44. The molecule has 0 saturated heterocycles. The van der Waals surface area contributed by atoms with Gasteiger partial charge in [-0.15, -0.1) is 11.6 Å². The number of ether oxygens (including phenoxy) is 1. The number of Topliss-reactive ketones (excluding diaryl/α,β-unsaturated/α-hetero) is 1. The Morgan fingerprint density at radius 2 is 2.00 bits per heavy atom. The Labute approximate surface area is 105 Å². The fraction of sp³-hybridized carbons (Fsp3) is 0.300. The van der Waals surface area contributed by atoms with Gasteiger partial charge in [0.2, 0.25) is 0 Å². The van der Waals surface area contributed by atoms with E-state index in [4.69, 9.17) is 23.2 Å². The maximum absolute atomic E-state index is 12.7. The summed E-state index contributed by atoms with van der Waals surface area (Å²) in [6.07, 6.45) is -4.66. The van der Waals surface area contributed by atoms with Crippen LogP contribution in [0.2, 0.25) is 5.02 Å². The molecule has 0 aromatic heterocycles. The van der Waals surface area contributed by atoms with Gasteiger partial charge < -0.3 is 4.74 Å². The number of ketones is 1. The highest BCUT2D eigenvalue weighted by molar-refractivity contribution is 6.34. The van der Waals surface area contributed by atoms with Crippen molar-refractivity contribution in [1.82, 2.24) is 0 Å². The van der Waals surface area contributed by atoms with Crippen LogP contribution in [0, 0.1) is 0 Å². The van der Waals surface area contributed by atoms with Crippen LogP contribution in [0.25, 0.3) is 0 Å². The summed E-state index contributed by atoms with van der Waals surface area (Å²) in [6, 6.07) is 1.77. The number of hydrogen-bond donors (Lipinski definition) is 0. The molecule has 0 fully saturated rings. The van der Waals surface area contributed by atoms with Gasteiger partial charge in [0, 0.05) is 5.56 Å². The molecular formula is C10H7Cl2F3O2. The van der Waals surface area contributed by atoms with Gasteiger partial charge in [-0.2, -0.15) is 13.2 Å². The van der Waals surface area contributed by atoms with Gasteiger partial charge in [-0.3, -0.25) is 4.79 Å². The highest BCUT2D eigenvalue weighted by atomic mass is 35.5. The van der Waals surface area contributed by atoms with Gasteiger partial charge in [0.15, 0.2) is 5.78 Å². The standard InChI is InChI=1S/C10H7Cl2F3O2/c1-17-9-6(10(13,14)15)2-5(3-7(9)12)8(16)4-11/h2-3H,4H2,1H3. The number of methoxy groups -OCH3 is 1. The van der Waals surface area contributed by atoms with Gasteiger partial charge in [-0.1, -0.05) is 11.6 Å². The SMILES string of the molecule is COc1c(Cl)cc(C(=O)CCl)cc1C(F)(F)F. The van der Waals surface area contributed by atoms with Crippen LogP contribution in [-0.2, 0) is 6.18 Å². The number of halogens is 5. The molecule has 7 heteroatoms. The van der Waals surface area contributed by atoms with Crippen LogP contribution in [0.1, 0.15) is 15.9 Å². The van der Waals surface area contributed by atoms with Crippen molar-refractivity contribution in [3.63, 3.8) is 0 Å². The van der Waals surface area contributed by atoms with Crippen molar-refractivity contribution in [3.05, 3.63) is 28.3 Å². The molecule has 0 unspecified atom stereocenters. The number of rotatable bonds is 3. The normalized spacial score (nSPS) is 11.4. The van der Waals surface area contributed by atoms with Crippen LogP contribution in [0.3, 0.4) is 0 Å². The number of benzene rings is 1. The Kier molecular flexibility index (Phi) is 4.27. The van der Waals surface area contributed by atoms with E-state index in [0.717, 1.165) is 13.2 Å². The molecule has 0 aliphatic heterocycles. The number of hydrogen-bond acceptors (Lipinski definition) is 2. The summed E-state index contributed by atoms with van der Waals surface area (Å²) in [5.41, 5.74) is -1.29. The molecule has 94 valence electrons. The number of carbonyl (C=O) groups excluding carboxylic acids is 1. The molecule has 0 heterocycles. The molecule has 0 spiro atoms. The van der Waals surface area contributed by atoms with Crippen LogP contribution >= 0.6 is 23.2 Å². The molecule has 0 bridgehead atoms. The molecule has 0 aliphatic rings. The largest absolute Gasteiger partial charge is 0.495 e. The van der Waals surface area contributed by atoms with Gasteiger partial charge in [0.05, 0.1) is 23.6 Å². The van der Waals surface area contributed by atoms with E-state index < -0.39 is 29.2 Å². The molecule has 0 aliphatic carbocycles. The molecule has 0 radical (unpaired) electrons. The van der Waals surface area contributed by atoms with Gasteiger partial charge in [-0.05, 0) is 12.1 Å². The van der Waals surface area contributed by atoms with Crippen molar-refractivity contribution in [2.75, 3.05) is 13.0 Å². The van der Waals surface area contributed by atoms with E-state index >= 15 is 0 Å². The lowest BCUT2D eigenvalue weighted by Gasteiger charge is -2.14. The molecule has 1 aromatic carbocycles. The lowest BCUT2D eigenvalue weighted by Crippen LogP contribution is -2.11. The van der Waals surface area contributed by atoms with Crippen LogP contribution in [-0.4, -0.2) is 18.8 Å². The summed E-state index contributed by atoms with van der Waals surface area (Å²) < 4.78 is 42.6. The third-order valence-corrected chi connectivity index (χ3v) is 2.52. The predicted molar refractivity (Wildman–Crippen MR) is 58.1 cm³/mol. The van der Waals surface area contributed by atoms with Crippen molar-refractivity contribution in [2.45, 2.75) is 6.18 Å². The second-order valence-electron chi connectivity index (χ2n) is 3.09. The molecule has 0 N–H and O–H groups in total. The summed E-state index contributed by atoms with van der Waals surface area (Å²) in [5, 5.41) is -0.282. The lowest BCUT2D eigenvalue weighted by atomic mass is 10.1. The minimum atomic E-state index is -4.66. The Morgan fingerprint density at radius 3 is 2.41 bits per heavy atom. The lowest BCUT2D eigenvalue weighted by molar-refractivity contribution is -0.138. The minimum absolute atomic E-state index is 0.196. The third-order valence-electron chi connectivity index (χ3n) is 2.00. The molecule has 0 saturated carbocycles. The minimum Gasteiger partial charge on any atom is -0.495 e. The predicted octanol–water partition coefficient (Wildman–Crippen LogP) is 3.79. The van der Waals surface area contributed by atoms with Crippen LogP contribution in [0.4, 0.5) is 13.2 Å². The summed E-state index contributed by atoms with van der Waals surface area (Å²) in [4.78, 5) is 11.2. The molecular weight excluding hydrogens is 280 g/mol. The summed E-state index contributed by atoms with van der Waals surface area (Å²) in [5.74, 6) is -1.56. The zero-order valence-corrected chi connectivity index (χ0v) is 10.1. The molecule has 2 nitrogen and oxygen atoms in total. The monoisotopic (exact) mass is 286 g/mol. The average Bonchev–Trinajstić information content (AvgIpc) is 2.25. The smallest absolute Gasteiger partial charge is 0.420 e. The first kappa shape index (κ1) is 14.1. The molecule has 1 aromatic rings. The fourth-order valence-electron chi connectivity index (χ4n) is 1.25. The number of alkyl halides is 4. The van der Waals surface area contributed by atoms with Crippen molar-refractivity contribution in [3.8, 4) is 5.75 Å². The van der Waals surface area contributed by atoms with Crippen LogP contribution in [0.15, 0.2) is 12.1 Å². The van der Waals surface area contributed by atoms with Crippen molar-refractivity contribution >= 4 is 29.0 Å². The van der Waals surface area contributed by atoms with Crippen molar-refractivity contribution in [1.29, 1.82) is 0 Å². The first-order valence-electron chi connectivity index (χ1n) is 4.35. The third kappa shape index (κ3) is 3.04. The van der Waals surface area contributed by atoms with E-state index in [1.165, 1.54) is 0 Å². The van der Waals surface area contributed by atoms with E-state index in [9.17, 15) is 18.0 Å². The highest BCUT2D eigenvalue weighted by Crippen LogP contribution is 2.41. The molecule has 0 atom stereocenters. The second-order valence-corrected chi connectivity index (χ2v) is 3.77. The van der Waals surface area contributed by atoms with E-state index in [2.05, 4.69) is 4.74 Å². The summed E-state index contributed by atoms with van der Waals surface area (Å²) >= 11 is 10.9. The Bertz CT molecular complexity index is 444. The topological polar surface area (TPSA) is 26.3 Å². The second kappa shape index (κ2) is 5.14. The first-order chi connectivity index (χ1) is 7.81. The Morgan fingerprint density at radius 1 is 1.41 bits per heavy atom. The summed E-state index contributed by atoms with van der Waals surface area (Å²) in [7, 11) is 1.07. The zero-order valence-electron chi connectivity index (χ0n) is 8.57. The molecule has 0 amide bonds. The average molecular weight is 287 g/mol. The van der Waals surface area contributed by atoms with Gasteiger partial charge >= 0.3 is 6.18 Å².